The van der Waals surface area contributed by atoms with Crippen molar-refractivity contribution in [3.05, 3.63) is 58.5 Å². The number of anilines is 1. The molecule has 0 aliphatic heterocycles. The van der Waals surface area contributed by atoms with E-state index in [1.165, 1.54) is 16.9 Å². The molecule has 0 saturated heterocycles. The SMILES string of the molecule is Cc1c(C#N)cccc1-c1nc(N)c(Cl)c(-c2cn(Cc3ccn(C(F)F)n3)nn2)n1. The van der Waals surface area contributed by atoms with Crippen LogP contribution in [0.15, 0.2) is 36.7 Å². The second-order valence-electron chi connectivity index (χ2n) is 6.55. The Balaban J connectivity index is 1.70. The number of nitrogens with two attached hydrogens (primary N) is 1. The Hall–Kier alpha value is -3.91. The molecule has 0 atom stereocenters. The van der Waals surface area contributed by atoms with Crippen molar-refractivity contribution in [3.8, 4) is 28.8 Å². The third-order valence-corrected chi connectivity index (χ3v) is 4.91. The van der Waals surface area contributed by atoms with E-state index in [9.17, 15) is 14.0 Å². The number of halogens is 3. The molecule has 0 aliphatic carbocycles. The van der Waals surface area contributed by atoms with E-state index in [-0.39, 0.29) is 28.9 Å². The Morgan fingerprint density at radius 1 is 1.26 bits per heavy atom. The predicted octanol–water partition coefficient (Wildman–Crippen LogP) is 3.46. The van der Waals surface area contributed by atoms with E-state index in [1.54, 1.807) is 31.3 Å². The molecule has 0 amide bonds. The van der Waals surface area contributed by atoms with E-state index >= 15 is 0 Å². The van der Waals surface area contributed by atoms with Gasteiger partial charge in [-0.15, -0.1) is 5.10 Å². The number of rotatable bonds is 5. The molecular weight excluding hydrogens is 428 g/mol. The molecule has 0 spiro atoms. The summed E-state index contributed by atoms with van der Waals surface area (Å²) in [7, 11) is 0. The second-order valence-corrected chi connectivity index (χ2v) is 6.93. The van der Waals surface area contributed by atoms with Gasteiger partial charge in [-0.05, 0) is 24.6 Å². The zero-order chi connectivity index (χ0) is 22.1. The number of nitriles is 1. The van der Waals surface area contributed by atoms with Gasteiger partial charge in [-0.3, -0.25) is 0 Å². The van der Waals surface area contributed by atoms with Crippen molar-refractivity contribution in [1.82, 2.24) is 34.7 Å². The first-order chi connectivity index (χ1) is 14.9. The highest BCUT2D eigenvalue weighted by atomic mass is 35.5. The molecule has 0 aliphatic rings. The van der Waals surface area contributed by atoms with Gasteiger partial charge in [-0.25, -0.2) is 19.3 Å². The molecule has 12 heteroatoms. The highest BCUT2D eigenvalue weighted by Gasteiger charge is 2.18. The second kappa shape index (κ2) is 8.08. The summed E-state index contributed by atoms with van der Waals surface area (Å²) in [5.41, 5.74) is 8.79. The summed E-state index contributed by atoms with van der Waals surface area (Å²) in [4.78, 5) is 8.74. The van der Waals surface area contributed by atoms with Gasteiger partial charge in [0.1, 0.15) is 22.2 Å². The van der Waals surface area contributed by atoms with Gasteiger partial charge in [0, 0.05) is 11.8 Å². The molecule has 3 heterocycles. The Morgan fingerprint density at radius 3 is 2.77 bits per heavy atom. The fraction of sp³-hybridized carbons (Fsp3) is 0.158. The summed E-state index contributed by atoms with van der Waals surface area (Å²) in [5.74, 6) is 0.338. The monoisotopic (exact) mass is 441 g/mol. The van der Waals surface area contributed by atoms with E-state index in [0.717, 1.165) is 0 Å². The Kier molecular flexibility index (Phi) is 5.31. The van der Waals surface area contributed by atoms with Gasteiger partial charge in [0.2, 0.25) is 0 Å². The molecule has 0 unspecified atom stereocenters. The van der Waals surface area contributed by atoms with E-state index in [2.05, 4.69) is 31.4 Å². The van der Waals surface area contributed by atoms with Crippen LogP contribution in [-0.4, -0.2) is 34.7 Å². The Bertz CT molecular complexity index is 1310. The van der Waals surface area contributed by atoms with Crippen LogP contribution in [0.4, 0.5) is 14.6 Å². The average molecular weight is 442 g/mol. The van der Waals surface area contributed by atoms with Crippen molar-refractivity contribution >= 4 is 17.4 Å². The number of benzene rings is 1. The molecule has 0 bridgehead atoms. The van der Waals surface area contributed by atoms with Gasteiger partial charge in [-0.1, -0.05) is 28.9 Å². The standard InChI is InChI=1S/C19H14ClF2N9/c1-10-11(7-23)3-2-4-13(10)18-25-16(15(20)17(24)26-18)14-9-30(29-27-14)8-12-5-6-31(28-12)19(21)22/h2-6,9,19H,8H2,1H3,(H2,24,25,26). The molecular formula is C19H14ClF2N9. The first-order valence-electron chi connectivity index (χ1n) is 8.93. The van der Waals surface area contributed by atoms with Gasteiger partial charge in [-0.2, -0.15) is 19.1 Å². The van der Waals surface area contributed by atoms with Gasteiger partial charge in [0.15, 0.2) is 5.82 Å². The molecule has 2 N–H and O–H groups in total. The summed E-state index contributed by atoms with van der Waals surface area (Å²) in [6, 6.07) is 8.78. The van der Waals surface area contributed by atoms with Crippen molar-refractivity contribution in [1.29, 1.82) is 5.26 Å². The Morgan fingerprint density at radius 2 is 2.06 bits per heavy atom. The maximum atomic E-state index is 12.7. The lowest BCUT2D eigenvalue weighted by atomic mass is 10.0. The van der Waals surface area contributed by atoms with Crippen molar-refractivity contribution < 1.29 is 8.78 Å². The van der Waals surface area contributed by atoms with Gasteiger partial charge in [0.25, 0.3) is 0 Å². The Labute approximate surface area is 179 Å². The van der Waals surface area contributed by atoms with Gasteiger partial charge in [0.05, 0.1) is 30.1 Å². The van der Waals surface area contributed by atoms with Crippen LogP contribution in [0.25, 0.3) is 22.8 Å². The van der Waals surface area contributed by atoms with Crippen molar-refractivity contribution in [3.63, 3.8) is 0 Å². The van der Waals surface area contributed by atoms with Crippen LogP contribution in [0.5, 0.6) is 0 Å². The third kappa shape index (κ3) is 3.93. The van der Waals surface area contributed by atoms with Crippen LogP contribution in [0.3, 0.4) is 0 Å². The molecule has 0 saturated carbocycles. The van der Waals surface area contributed by atoms with Crippen molar-refractivity contribution in [2.75, 3.05) is 5.73 Å². The van der Waals surface area contributed by atoms with Crippen LogP contribution < -0.4 is 5.73 Å². The average Bonchev–Trinajstić information content (AvgIpc) is 3.40. The highest BCUT2D eigenvalue weighted by molar-refractivity contribution is 6.35. The van der Waals surface area contributed by atoms with Crippen LogP contribution in [0.2, 0.25) is 5.02 Å². The lowest BCUT2D eigenvalue weighted by Gasteiger charge is -2.09. The topological polar surface area (TPSA) is 124 Å². The summed E-state index contributed by atoms with van der Waals surface area (Å²) < 4.78 is 27.4. The third-order valence-electron chi connectivity index (χ3n) is 4.54. The largest absolute Gasteiger partial charge is 0.382 e. The molecule has 156 valence electrons. The number of hydrogen-bond acceptors (Lipinski definition) is 7. The number of alkyl halides is 2. The minimum absolute atomic E-state index is 0.0497. The highest BCUT2D eigenvalue weighted by Crippen LogP contribution is 2.32. The van der Waals surface area contributed by atoms with Gasteiger partial charge >= 0.3 is 6.55 Å². The fourth-order valence-electron chi connectivity index (χ4n) is 2.97. The summed E-state index contributed by atoms with van der Waals surface area (Å²) in [6.45, 7) is -0.804. The zero-order valence-corrected chi connectivity index (χ0v) is 16.8. The van der Waals surface area contributed by atoms with Crippen LogP contribution in [-0.2, 0) is 6.54 Å². The first kappa shape index (κ1) is 20.4. The summed E-state index contributed by atoms with van der Waals surface area (Å²) >= 11 is 6.31. The first-order valence-corrected chi connectivity index (χ1v) is 9.31. The van der Waals surface area contributed by atoms with Crippen LogP contribution in [0.1, 0.15) is 23.4 Å². The predicted molar refractivity (Wildman–Crippen MR) is 108 cm³/mol. The molecule has 31 heavy (non-hydrogen) atoms. The quantitative estimate of drug-likeness (QED) is 0.502. The summed E-state index contributed by atoms with van der Waals surface area (Å²) in [6.07, 6.45) is 2.74. The summed E-state index contributed by atoms with van der Waals surface area (Å²) in [5, 5.41) is 21.2. The molecule has 0 fully saturated rings. The minimum atomic E-state index is -2.72. The van der Waals surface area contributed by atoms with E-state index < -0.39 is 6.55 Å². The maximum absolute atomic E-state index is 12.7. The molecule has 3 aromatic heterocycles. The lowest BCUT2D eigenvalue weighted by molar-refractivity contribution is 0.0561. The molecule has 4 aromatic rings. The van der Waals surface area contributed by atoms with E-state index in [0.29, 0.717) is 32.8 Å². The molecule has 4 rings (SSSR count). The molecule has 0 radical (unpaired) electrons. The zero-order valence-electron chi connectivity index (χ0n) is 16.0. The number of nitrogen functional groups attached to an aromatic ring is 1. The minimum Gasteiger partial charge on any atom is -0.382 e. The van der Waals surface area contributed by atoms with Crippen LogP contribution >= 0.6 is 11.6 Å². The van der Waals surface area contributed by atoms with Crippen LogP contribution in [0, 0.1) is 18.3 Å². The van der Waals surface area contributed by atoms with Gasteiger partial charge < -0.3 is 5.73 Å². The normalized spacial score (nSPS) is 11.1. The number of hydrogen-bond donors (Lipinski definition) is 1. The van der Waals surface area contributed by atoms with E-state index in [4.69, 9.17) is 17.3 Å². The molecule has 9 nitrogen and oxygen atoms in total. The van der Waals surface area contributed by atoms with Crippen molar-refractivity contribution in [2.24, 2.45) is 0 Å². The van der Waals surface area contributed by atoms with E-state index in [1.807, 2.05) is 0 Å². The number of aromatic nitrogens is 7. The number of nitrogens with zero attached hydrogens (tertiary/aromatic N) is 8. The smallest absolute Gasteiger partial charge is 0.333 e. The fourth-order valence-corrected chi connectivity index (χ4v) is 3.16. The lowest BCUT2D eigenvalue weighted by Crippen LogP contribution is -2.04. The molecule has 1 aromatic carbocycles. The maximum Gasteiger partial charge on any atom is 0.333 e. The van der Waals surface area contributed by atoms with Crippen molar-refractivity contribution in [2.45, 2.75) is 20.0 Å².